The molecule has 0 aromatic rings. The van der Waals surface area contributed by atoms with Crippen LogP contribution in [0.4, 0.5) is 0 Å². The van der Waals surface area contributed by atoms with Crippen LogP contribution in [0.1, 0.15) is 20.3 Å². The number of methoxy groups -OCH3 is 1. The summed E-state index contributed by atoms with van der Waals surface area (Å²) >= 11 is 3.36. The van der Waals surface area contributed by atoms with E-state index in [0.717, 1.165) is 5.33 Å². The molecule has 1 atom stereocenters. The Hall–Kier alpha value is -0.580. The molecule has 1 saturated heterocycles. The zero-order valence-corrected chi connectivity index (χ0v) is 10.8. The van der Waals surface area contributed by atoms with Crippen LogP contribution in [0.5, 0.6) is 0 Å². The van der Waals surface area contributed by atoms with Crippen molar-refractivity contribution >= 4 is 27.8 Å². The standard InChI is InChI=1S/C10H16BrNO3/c1-10(2,9(14)15-3)12-6-7(5-11)4-8(12)13/h7H,4-6H2,1-3H3. The molecular formula is C10H16BrNO3. The highest BCUT2D eigenvalue weighted by Crippen LogP contribution is 2.27. The van der Waals surface area contributed by atoms with Crippen LogP contribution in [-0.2, 0) is 14.3 Å². The zero-order chi connectivity index (χ0) is 11.6. The Morgan fingerprint density at radius 1 is 1.67 bits per heavy atom. The third-order valence-electron chi connectivity index (χ3n) is 2.78. The third kappa shape index (κ3) is 2.33. The van der Waals surface area contributed by atoms with Crippen molar-refractivity contribution in [3.8, 4) is 0 Å². The van der Waals surface area contributed by atoms with Gasteiger partial charge in [0.2, 0.25) is 5.91 Å². The number of nitrogens with zero attached hydrogens (tertiary/aromatic N) is 1. The molecule has 1 heterocycles. The molecule has 0 bridgehead atoms. The largest absolute Gasteiger partial charge is 0.467 e. The first-order valence-electron chi connectivity index (χ1n) is 4.88. The second kappa shape index (κ2) is 4.51. The Labute approximate surface area is 98.1 Å². The van der Waals surface area contributed by atoms with E-state index in [1.54, 1.807) is 18.7 Å². The van der Waals surface area contributed by atoms with Gasteiger partial charge in [-0.15, -0.1) is 0 Å². The van der Waals surface area contributed by atoms with Crippen LogP contribution in [0, 0.1) is 5.92 Å². The van der Waals surface area contributed by atoms with Gasteiger partial charge < -0.3 is 9.64 Å². The van der Waals surface area contributed by atoms with Gasteiger partial charge in [0.25, 0.3) is 0 Å². The molecule has 86 valence electrons. The van der Waals surface area contributed by atoms with Gasteiger partial charge in [0.15, 0.2) is 0 Å². The number of ether oxygens (including phenoxy) is 1. The molecule has 0 spiro atoms. The quantitative estimate of drug-likeness (QED) is 0.575. The van der Waals surface area contributed by atoms with Gasteiger partial charge in [0.1, 0.15) is 5.54 Å². The molecule has 0 N–H and O–H groups in total. The first-order valence-corrected chi connectivity index (χ1v) is 6.00. The smallest absolute Gasteiger partial charge is 0.331 e. The van der Waals surface area contributed by atoms with Gasteiger partial charge in [-0.3, -0.25) is 4.79 Å². The highest BCUT2D eigenvalue weighted by molar-refractivity contribution is 9.09. The zero-order valence-electron chi connectivity index (χ0n) is 9.25. The molecule has 4 nitrogen and oxygen atoms in total. The average Bonchev–Trinajstić information content (AvgIpc) is 2.58. The second-order valence-corrected chi connectivity index (χ2v) is 4.93. The molecule has 1 aliphatic heterocycles. The number of esters is 1. The molecule has 0 aromatic heterocycles. The third-order valence-corrected chi connectivity index (χ3v) is 3.70. The molecular weight excluding hydrogens is 262 g/mol. The van der Waals surface area contributed by atoms with Crippen LogP contribution in [0.3, 0.4) is 0 Å². The van der Waals surface area contributed by atoms with E-state index in [1.165, 1.54) is 7.11 Å². The summed E-state index contributed by atoms with van der Waals surface area (Å²) in [4.78, 5) is 24.8. The molecule has 15 heavy (non-hydrogen) atoms. The van der Waals surface area contributed by atoms with E-state index in [0.29, 0.717) is 18.9 Å². The number of halogens is 1. The molecule has 0 aliphatic carbocycles. The minimum absolute atomic E-state index is 0.0230. The van der Waals surface area contributed by atoms with Gasteiger partial charge in [-0.25, -0.2) is 4.79 Å². The van der Waals surface area contributed by atoms with Gasteiger partial charge in [0, 0.05) is 18.3 Å². The Kier molecular flexibility index (Phi) is 3.76. The highest BCUT2D eigenvalue weighted by atomic mass is 79.9. The Balaban J connectivity index is 2.80. The van der Waals surface area contributed by atoms with Crippen molar-refractivity contribution in [1.82, 2.24) is 4.90 Å². The molecule has 1 rings (SSSR count). The first kappa shape index (κ1) is 12.5. The minimum atomic E-state index is -0.858. The first-order chi connectivity index (χ1) is 6.93. The fourth-order valence-electron chi connectivity index (χ4n) is 1.78. The lowest BCUT2D eigenvalue weighted by Crippen LogP contribution is -2.51. The van der Waals surface area contributed by atoms with Crippen molar-refractivity contribution in [3.05, 3.63) is 0 Å². The van der Waals surface area contributed by atoms with Crippen LogP contribution in [0.25, 0.3) is 0 Å². The molecule has 1 amide bonds. The Morgan fingerprint density at radius 3 is 2.67 bits per heavy atom. The van der Waals surface area contributed by atoms with Crippen LogP contribution in [0.15, 0.2) is 0 Å². The number of carbonyl (C=O) groups excluding carboxylic acids is 2. The van der Waals surface area contributed by atoms with E-state index in [4.69, 9.17) is 4.74 Å². The summed E-state index contributed by atoms with van der Waals surface area (Å²) in [6, 6.07) is 0. The summed E-state index contributed by atoms with van der Waals surface area (Å²) in [6.07, 6.45) is 0.506. The number of likely N-dealkylation sites (tertiary alicyclic amines) is 1. The molecule has 1 fully saturated rings. The number of hydrogen-bond donors (Lipinski definition) is 0. The van der Waals surface area contributed by atoms with Crippen molar-refractivity contribution in [2.24, 2.45) is 5.92 Å². The normalized spacial score (nSPS) is 22.0. The van der Waals surface area contributed by atoms with Crippen LogP contribution >= 0.6 is 15.9 Å². The molecule has 0 aromatic carbocycles. The van der Waals surface area contributed by atoms with Crippen molar-refractivity contribution in [2.45, 2.75) is 25.8 Å². The fourth-order valence-corrected chi connectivity index (χ4v) is 2.22. The number of rotatable bonds is 3. The van der Waals surface area contributed by atoms with Gasteiger partial charge in [-0.05, 0) is 19.8 Å². The summed E-state index contributed by atoms with van der Waals surface area (Å²) in [5.74, 6) is -0.0534. The number of hydrogen-bond acceptors (Lipinski definition) is 3. The lowest BCUT2D eigenvalue weighted by molar-refractivity contribution is -0.157. The highest BCUT2D eigenvalue weighted by Gasteiger charge is 2.43. The number of alkyl halides is 1. The van der Waals surface area contributed by atoms with Gasteiger partial charge in [0.05, 0.1) is 7.11 Å². The summed E-state index contributed by atoms with van der Waals surface area (Å²) in [6.45, 7) is 4.05. The van der Waals surface area contributed by atoms with Crippen molar-refractivity contribution in [1.29, 1.82) is 0 Å². The van der Waals surface area contributed by atoms with Crippen LogP contribution < -0.4 is 0 Å². The summed E-state index contributed by atoms with van der Waals surface area (Å²) in [7, 11) is 1.34. The summed E-state index contributed by atoms with van der Waals surface area (Å²) in [5, 5.41) is 0.784. The maximum Gasteiger partial charge on any atom is 0.331 e. The van der Waals surface area contributed by atoms with Gasteiger partial charge in [-0.1, -0.05) is 15.9 Å². The average molecular weight is 278 g/mol. The summed E-state index contributed by atoms with van der Waals surface area (Å²) in [5.41, 5.74) is -0.858. The topological polar surface area (TPSA) is 46.6 Å². The lowest BCUT2D eigenvalue weighted by atomic mass is 10.0. The Bertz CT molecular complexity index is 278. The van der Waals surface area contributed by atoms with E-state index in [9.17, 15) is 9.59 Å². The second-order valence-electron chi connectivity index (χ2n) is 4.28. The maximum absolute atomic E-state index is 11.7. The van der Waals surface area contributed by atoms with E-state index in [-0.39, 0.29) is 11.9 Å². The predicted molar refractivity (Wildman–Crippen MR) is 59.7 cm³/mol. The van der Waals surface area contributed by atoms with Crippen molar-refractivity contribution in [3.63, 3.8) is 0 Å². The van der Waals surface area contributed by atoms with Gasteiger partial charge in [-0.2, -0.15) is 0 Å². The maximum atomic E-state index is 11.7. The molecule has 1 aliphatic rings. The van der Waals surface area contributed by atoms with Crippen LogP contribution in [-0.4, -0.2) is 41.3 Å². The fraction of sp³-hybridized carbons (Fsp3) is 0.800. The number of carbonyl (C=O) groups is 2. The molecule has 0 saturated carbocycles. The van der Waals surface area contributed by atoms with Crippen molar-refractivity contribution < 1.29 is 14.3 Å². The lowest BCUT2D eigenvalue weighted by Gasteiger charge is -2.32. The SMILES string of the molecule is COC(=O)C(C)(C)N1CC(CBr)CC1=O. The van der Waals surface area contributed by atoms with E-state index in [1.807, 2.05) is 0 Å². The predicted octanol–water partition coefficient (Wildman–Crippen LogP) is 1.18. The molecule has 1 unspecified atom stereocenters. The summed E-state index contributed by atoms with van der Waals surface area (Å²) < 4.78 is 4.70. The van der Waals surface area contributed by atoms with E-state index in [2.05, 4.69) is 15.9 Å². The number of amides is 1. The Morgan fingerprint density at radius 2 is 2.27 bits per heavy atom. The van der Waals surface area contributed by atoms with E-state index >= 15 is 0 Å². The van der Waals surface area contributed by atoms with Crippen molar-refractivity contribution in [2.75, 3.05) is 19.0 Å². The minimum Gasteiger partial charge on any atom is -0.467 e. The monoisotopic (exact) mass is 277 g/mol. The molecule has 0 radical (unpaired) electrons. The van der Waals surface area contributed by atoms with Crippen LogP contribution in [0.2, 0.25) is 0 Å². The molecule has 5 heteroatoms. The van der Waals surface area contributed by atoms with Gasteiger partial charge >= 0.3 is 5.97 Å². The van der Waals surface area contributed by atoms with E-state index < -0.39 is 5.54 Å².